The van der Waals surface area contributed by atoms with Crippen LogP contribution in [0.3, 0.4) is 0 Å². The van der Waals surface area contributed by atoms with Gasteiger partial charge >= 0.3 is 0 Å². The number of nitrogens with zero attached hydrogens (tertiary/aromatic N) is 3. The van der Waals surface area contributed by atoms with E-state index in [0.29, 0.717) is 0 Å². The van der Waals surface area contributed by atoms with Crippen molar-refractivity contribution in [1.29, 1.82) is 0 Å². The molecule has 0 aliphatic carbocycles. The van der Waals surface area contributed by atoms with Gasteiger partial charge in [0.1, 0.15) is 5.82 Å². The maximum atomic E-state index is 4.51. The minimum atomic E-state index is 0.732. The first-order valence-corrected chi connectivity index (χ1v) is 6.60. The molecule has 0 saturated carbocycles. The Morgan fingerprint density at radius 2 is 1.80 bits per heavy atom. The molecule has 3 rings (SSSR count). The molecule has 0 bridgehead atoms. The number of aromatic nitrogens is 3. The lowest BCUT2D eigenvalue weighted by Gasteiger charge is -2.03. The molecular formula is C16H16N4. The third-order valence-electron chi connectivity index (χ3n) is 3.02. The van der Waals surface area contributed by atoms with E-state index in [1.165, 1.54) is 5.56 Å². The molecule has 1 N–H and O–H groups in total. The predicted octanol–water partition coefficient (Wildman–Crippen LogP) is 2.94. The molecule has 0 fully saturated rings. The molecule has 0 saturated heterocycles. The van der Waals surface area contributed by atoms with Gasteiger partial charge in [-0.3, -0.25) is 9.67 Å². The summed E-state index contributed by atoms with van der Waals surface area (Å²) in [6.07, 6.45) is 5.62. The predicted molar refractivity (Wildman–Crippen MR) is 79.3 cm³/mol. The number of rotatable bonds is 5. The number of pyridine rings is 1. The van der Waals surface area contributed by atoms with Crippen LogP contribution in [0.15, 0.2) is 67.1 Å². The molecule has 0 aliphatic heterocycles. The number of benzene rings is 1. The first-order valence-electron chi connectivity index (χ1n) is 6.60. The molecule has 0 spiro atoms. The summed E-state index contributed by atoms with van der Waals surface area (Å²) in [5.74, 6) is 0.879. The molecule has 4 nitrogen and oxygen atoms in total. The number of hydrogen-bond acceptors (Lipinski definition) is 3. The quantitative estimate of drug-likeness (QED) is 0.770. The normalized spacial score (nSPS) is 10.4. The van der Waals surface area contributed by atoms with Crippen molar-refractivity contribution in [3.63, 3.8) is 0 Å². The van der Waals surface area contributed by atoms with E-state index in [0.717, 1.165) is 24.5 Å². The van der Waals surface area contributed by atoms with Crippen molar-refractivity contribution in [2.75, 3.05) is 5.32 Å². The fraction of sp³-hybridized carbons (Fsp3) is 0.125. The lowest BCUT2D eigenvalue weighted by molar-refractivity contribution is 0.688. The van der Waals surface area contributed by atoms with Crippen LogP contribution in [0.25, 0.3) is 0 Å². The Kier molecular flexibility index (Phi) is 3.73. The highest BCUT2D eigenvalue weighted by molar-refractivity contribution is 5.33. The van der Waals surface area contributed by atoms with Gasteiger partial charge in [0.15, 0.2) is 0 Å². The second kappa shape index (κ2) is 6.02. The molecule has 20 heavy (non-hydrogen) atoms. The van der Waals surface area contributed by atoms with Crippen LogP contribution in [-0.4, -0.2) is 14.8 Å². The molecule has 0 unspecified atom stereocenters. The molecular weight excluding hydrogens is 248 g/mol. The molecule has 0 amide bonds. The van der Waals surface area contributed by atoms with Crippen LogP contribution in [0.1, 0.15) is 11.1 Å². The van der Waals surface area contributed by atoms with Crippen LogP contribution in [0.5, 0.6) is 0 Å². The van der Waals surface area contributed by atoms with Crippen molar-refractivity contribution in [1.82, 2.24) is 14.8 Å². The monoisotopic (exact) mass is 264 g/mol. The van der Waals surface area contributed by atoms with Crippen LogP contribution in [0.4, 0.5) is 5.82 Å². The van der Waals surface area contributed by atoms with Gasteiger partial charge in [0.2, 0.25) is 0 Å². The zero-order valence-corrected chi connectivity index (χ0v) is 11.1. The molecule has 2 heterocycles. The summed E-state index contributed by atoms with van der Waals surface area (Å²) >= 11 is 0. The van der Waals surface area contributed by atoms with E-state index >= 15 is 0 Å². The summed E-state index contributed by atoms with van der Waals surface area (Å²) in [5.41, 5.74) is 2.39. The lowest BCUT2D eigenvalue weighted by Crippen LogP contribution is -2.03. The Bertz CT molecular complexity index is 647. The van der Waals surface area contributed by atoms with Gasteiger partial charge in [0, 0.05) is 31.2 Å². The van der Waals surface area contributed by atoms with Gasteiger partial charge in [-0.15, -0.1) is 0 Å². The van der Waals surface area contributed by atoms with Crippen molar-refractivity contribution in [3.05, 3.63) is 78.2 Å². The van der Waals surface area contributed by atoms with Gasteiger partial charge in [-0.25, -0.2) is 0 Å². The molecule has 2 aromatic heterocycles. The first-order chi connectivity index (χ1) is 9.90. The summed E-state index contributed by atoms with van der Waals surface area (Å²) in [6.45, 7) is 1.52. The average molecular weight is 264 g/mol. The smallest absolute Gasteiger partial charge is 0.148 e. The molecule has 0 atom stereocenters. The summed E-state index contributed by atoms with van der Waals surface area (Å²) in [7, 11) is 0. The molecule has 0 aliphatic rings. The van der Waals surface area contributed by atoms with Crippen molar-refractivity contribution < 1.29 is 0 Å². The summed E-state index contributed by atoms with van der Waals surface area (Å²) < 4.78 is 1.93. The third kappa shape index (κ3) is 3.23. The van der Waals surface area contributed by atoms with Gasteiger partial charge in [0.25, 0.3) is 0 Å². The SMILES string of the molecule is c1ccc(Cn2ccc(NCc3cccnc3)n2)cc1. The second-order valence-corrected chi connectivity index (χ2v) is 4.60. The fourth-order valence-electron chi connectivity index (χ4n) is 2.01. The zero-order valence-electron chi connectivity index (χ0n) is 11.1. The van der Waals surface area contributed by atoms with Crippen LogP contribution in [0.2, 0.25) is 0 Å². The topological polar surface area (TPSA) is 42.7 Å². The first kappa shape index (κ1) is 12.4. The van der Waals surface area contributed by atoms with E-state index in [-0.39, 0.29) is 0 Å². The van der Waals surface area contributed by atoms with E-state index in [2.05, 4.69) is 27.5 Å². The van der Waals surface area contributed by atoms with E-state index in [9.17, 15) is 0 Å². The second-order valence-electron chi connectivity index (χ2n) is 4.60. The Balaban J connectivity index is 1.60. The Labute approximate surface area is 118 Å². The van der Waals surface area contributed by atoms with Crippen LogP contribution < -0.4 is 5.32 Å². The molecule has 3 aromatic rings. The Morgan fingerprint density at radius 3 is 2.60 bits per heavy atom. The third-order valence-corrected chi connectivity index (χ3v) is 3.02. The van der Waals surface area contributed by atoms with Crippen molar-refractivity contribution in [2.45, 2.75) is 13.1 Å². The highest BCUT2D eigenvalue weighted by Gasteiger charge is 2.00. The number of anilines is 1. The maximum absolute atomic E-state index is 4.51. The molecule has 1 aromatic carbocycles. The molecule has 100 valence electrons. The van der Waals surface area contributed by atoms with E-state index < -0.39 is 0 Å². The highest BCUT2D eigenvalue weighted by Crippen LogP contribution is 2.08. The summed E-state index contributed by atoms with van der Waals surface area (Å²) in [6, 6.07) is 16.3. The van der Waals surface area contributed by atoms with Gasteiger partial charge in [-0.05, 0) is 17.2 Å². The van der Waals surface area contributed by atoms with Crippen molar-refractivity contribution in [3.8, 4) is 0 Å². The van der Waals surface area contributed by atoms with Crippen LogP contribution in [0, 0.1) is 0 Å². The van der Waals surface area contributed by atoms with Crippen molar-refractivity contribution in [2.24, 2.45) is 0 Å². The van der Waals surface area contributed by atoms with E-state index in [1.54, 1.807) is 6.20 Å². The van der Waals surface area contributed by atoms with Gasteiger partial charge in [-0.2, -0.15) is 5.10 Å². The lowest BCUT2D eigenvalue weighted by atomic mass is 10.2. The molecule has 4 heteroatoms. The minimum absolute atomic E-state index is 0.732. The maximum Gasteiger partial charge on any atom is 0.148 e. The fourth-order valence-corrected chi connectivity index (χ4v) is 2.01. The van der Waals surface area contributed by atoms with E-state index in [1.807, 2.05) is 53.5 Å². The Morgan fingerprint density at radius 1 is 0.950 bits per heavy atom. The average Bonchev–Trinajstić information content (AvgIpc) is 2.95. The standard InChI is InChI=1S/C16H16N4/c1-2-5-14(6-3-1)13-20-10-8-16(19-20)18-12-15-7-4-9-17-11-15/h1-11H,12-13H2,(H,18,19). The van der Waals surface area contributed by atoms with Crippen molar-refractivity contribution >= 4 is 5.82 Å². The van der Waals surface area contributed by atoms with Gasteiger partial charge < -0.3 is 5.32 Å². The largest absolute Gasteiger partial charge is 0.364 e. The number of hydrogen-bond donors (Lipinski definition) is 1. The summed E-state index contributed by atoms with van der Waals surface area (Å²) in [5, 5.41) is 7.80. The number of nitrogens with one attached hydrogen (secondary N) is 1. The minimum Gasteiger partial charge on any atom is -0.364 e. The van der Waals surface area contributed by atoms with Gasteiger partial charge in [-0.1, -0.05) is 36.4 Å². The van der Waals surface area contributed by atoms with Crippen LogP contribution in [-0.2, 0) is 13.1 Å². The van der Waals surface area contributed by atoms with E-state index in [4.69, 9.17) is 0 Å². The zero-order chi connectivity index (χ0) is 13.6. The van der Waals surface area contributed by atoms with Crippen LogP contribution >= 0.6 is 0 Å². The molecule has 0 radical (unpaired) electrons. The Hall–Kier alpha value is -2.62. The summed E-state index contributed by atoms with van der Waals surface area (Å²) in [4.78, 5) is 4.09. The highest BCUT2D eigenvalue weighted by atomic mass is 15.3. The van der Waals surface area contributed by atoms with Gasteiger partial charge in [0.05, 0.1) is 6.54 Å².